The van der Waals surface area contributed by atoms with Gasteiger partial charge in [0.2, 0.25) is 5.91 Å². The molecule has 140 valence electrons. The van der Waals surface area contributed by atoms with Crippen molar-refractivity contribution in [2.75, 3.05) is 10.6 Å². The van der Waals surface area contributed by atoms with Crippen LogP contribution in [0.1, 0.15) is 20.8 Å². The highest BCUT2D eigenvalue weighted by atomic mass is 32.1. The van der Waals surface area contributed by atoms with Crippen LogP contribution in [0.3, 0.4) is 0 Å². The molecule has 0 unspecified atom stereocenters. The summed E-state index contributed by atoms with van der Waals surface area (Å²) < 4.78 is 0. The Morgan fingerprint density at radius 2 is 1.86 bits per heavy atom. The molecule has 4 aromatic rings. The molecule has 0 saturated carbocycles. The summed E-state index contributed by atoms with van der Waals surface area (Å²) in [4.78, 5) is 26.0. The number of hydrogen-bond acceptors (Lipinski definition) is 4. The van der Waals surface area contributed by atoms with Crippen molar-refractivity contribution in [2.24, 2.45) is 0 Å². The zero-order valence-corrected chi connectivity index (χ0v) is 16.0. The Hall–Kier alpha value is -3.45. The van der Waals surface area contributed by atoms with Crippen molar-refractivity contribution >= 4 is 44.9 Å². The molecule has 2 aromatic heterocycles. The number of hydrogen-bond donors (Lipinski definition) is 3. The van der Waals surface area contributed by atoms with Crippen LogP contribution in [-0.4, -0.2) is 22.0 Å². The van der Waals surface area contributed by atoms with E-state index in [0.29, 0.717) is 15.5 Å². The van der Waals surface area contributed by atoms with E-state index in [2.05, 4.69) is 20.8 Å². The Labute approximate surface area is 165 Å². The second kappa shape index (κ2) is 7.66. The van der Waals surface area contributed by atoms with E-state index in [9.17, 15) is 9.59 Å². The van der Waals surface area contributed by atoms with Crippen LogP contribution in [0.5, 0.6) is 0 Å². The molecule has 2 amide bonds. The Morgan fingerprint density at radius 1 is 1.04 bits per heavy atom. The van der Waals surface area contributed by atoms with Crippen molar-refractivity contribution in [3.8, 4) is 0 Å². The second-order valence-corrected chi connectivity index (χ2v) is 7.49. The van der Waals surface area contributed by atoms with Crippen LogP contribution in [0.4, 0.5) is 11.5 Å². The molecule has 2 aromatic carbocycles. The van der Waals surface area contributed by atoms with E-state index in [4.69, 9.17) is 0 Å². The molecule has 0 radical (unpaired) electrons. The maximum absolute atomic E-state index is 12.5. The van der Waals surface area contributed by atoms with Gasteiger partial charge in [-0.15, -0.1) is 11.3 Å². The molecule has 0 aliphatic rings. The number of benzene rings is 2. The van der Waals surface area contributed by atoms with Crippen molar-refractivity contribution in [3.63, 3.8) is 0 Å². The van der Waals surface area contributed by atoms with Crippen LogP contribution in [0.15, 0.2) is 60.7 Å². The predicted molar refractivity (Wildman–Crippen MR) is 112 cm³/mol. The molecule has 7 heteroatoms. The second-order valence-electron chi connectivity index (χ2n) is 6.46. The van der Waals surface area contributed by atoms with E-state index < -0.39 is 0 Å². The van der Waals surface area contributed by atoms with Gasteiger partial charge < -0.3 is 10.6 Å². The average molecular weight is 390 g/mol. The third-order valence-electron chi connectivity index (χ3n) is 4.22. The number of anilines is 2. The fourth-order valence-electron chi connectivity index (χ4n) is 2.90. The maximum Gasteiger partial charge on any atom is 0.265 e. The van der Waals surface area contributed by atoms with E-state index in [1.165, 1.54) is 11.3 Å². The van der Waals surface area contributed by atoms with Crippen molar-refractivity contribution in [1.29, 1.82) is 0 Å². The minimum atomic E-state index is -0.199. The molecule has 28 heavy (non-hydrogen) atoms. The summed E-state index contributed by atoms with van der Waals surface area (Å²) in [5, 5.41) is 13.5. The zero-order valence-electron chi connectivity index (χ0n) is 15.2. The molecule has 0 atom stereocenters. The Morgan fingerprint density at radius 3 is 2.64 bits per heavy atom. The van der Waals surface area contributed by atoms with Gasteiger partial charge in [0.25, 0.3) is 5.91 Å². The monoisotopic (exact) mass is 390 g/mol. The van der Waals surface area contributed by atoms with E-state index in [0.717, 1.165) is 22.2 Å². The lowest BCUT2D eigenvalue weighted by Gasteiger charge is -2.04. The number of rotatable bonds is 5. The van der Waals surface area contributed by atoms with Gasteiger partial charge in [-0.3, -0.25) is 14.7 Å². The molecular weight excluding hydrogens is 372 g/mol. The number of fused-ring (bicyclic) bond motifs is 1. The summed E-state index contributed by atoms with van der Waals surface area (Å²) in [6.07, 6.45) is 0.270. The predicted octanol–water partition coefficient (Wildman–Crippen LogP) is 4.37. The average Bonchev–Trinajstić information content (AvgIpc) is 3.25. The molecule has 0 saturated heterocycles. The van der Waals surface area contributed by atoms with Crippen LogP contribution in [-0.2, 0) is 11.2 Å². The van der Waals surface area contributed by atoms with Crippen LogP contribution < -0.4 is 10.6 Å². The molecule has 2 heterocycles. The molecule has 0 aliphatic heterocycles. The van der Waals surface area contributed by atoms with Crippen LogP contribution in [0.2, 0.25) is 0 Å². The first kappa shape index (κ1) is 17.9. The van der Waals surface area contributed by atoms with Gasteiger partial charge in [-0.05, 0) is 36.2 Å². The standard InChI is InChI=1S/C21H18N4O2S/c1-13-6-5-9-15(10-13)22-20(27)17-12-16-19(24-25-21(16)28-17)23-18(26)11-14-7-3-2-4-8-14/h2-10,12H,11H2,1H3,(H,22,27)(H2,23,24,25,26). The van der Waals surface area contributed by atoms with Crippen LogP contribution in [0.25, 0.3) is 10.2 Å². The molecule has 0 aliphatic carbocycles. The Bertz CT molecular complexity index is 1150. The molecule has 4 rings (SSSR count). The van der Waals surface area contributed by atoms with E-state index >= 15 is 0 Å². The fourth-order valence-corrected chi connectivity index (χ4v) is 3.79. The minimum absolute atomic E-state index is 0.145. The number of H-pyrrole nitrogens is 1. The van der Waals surface area contributed by atoms with Gasteiger partial charge in [-0.2, -0.15) is 5.10 Å². The SMILES string of the molecule is Cc1cccc(NC(=O)c2cc3c(NC(=O)Cc4ccccc4)[nH]nc3s2)c1. The number of aromatic amines is 1. The molecule has 3 N–H and O–H groups in total. The number of nitrogens with zero attached hydrogens (tertiary/aromatic N) is 1. The van der Waals surface area contributed by atoms with Gasteiger partial charge in [0.15, 0.2) is 0 Å². The van der Waals surface area contributed by atoms with Crippen LogP contribution in [0, 0.1) is 6.92 Å². The van der Waals surface area contributed by atoms with Gasteiger partial charge in [0.05, 0.1) is 16.7 Å². The first-order chi connectivity index (χ1) is 13.6. The highest BCUT2D eigenvalue weighted by Gasteiger charge is 2.16. The van der Waals surface area contributed by atoms with Gasteiger partial charge >= 0.3 is 0 Å². The summed E-state index contributed by atoms with van der Waals surface area (Å²) in [5.41, 5.74) is 2.75. The number of nitrogens with one attached hydrogen (secondary N) is 3. The fraction of sp³-hybridized carbons (Fsp3) is 0.0952. The molecular formula is C21H18N4O2S. The quantitative estimate of drug-likeness (QED) is 0.473. The molecule has 6 nitrogen and oxygen atoms in total. The number of aryl methyl sites for hydroxylation is 1. The normalized spacial score (nSPS) is 10.8. The van der Waals surface area contributed by atoms with Gasteiger partial charge in [0, 0.05) is 5.69 Å². The highest BCUT2D eigenvalue weighted by Crippen LogP contribution is 2.30. The number of carbonyl (C=O) groups is 2. The van der Waals surface area contributed by atoms with Crippen molar-refractivity contribution in [3.05, 3.63) is 76.7 Å². The van der Waals surface area contributed by atoms with Gasteiger partial charge in [-0.25, -0.2) is 0 Å². The largest absolute Gasteiger partial charge is 0.321 e. The lowest BCUT2D eigenvalue weighted by Crippen LogP contribution is -2.14. The Balaban J connectivity index is 1.48. The lowest BCUT2D eigenvalue weighted by molar-refractivity contribution is -0.115. The minimum Gasteiger partial charge on any atom is -0.321 e. The lowest BCUT2D eigenvalue weighted by atomic mass is 10.1. The first-order valence-corrected chi connectivity index (χ1v) is 9.60. The smallest absolute Gasteiger partial charge is 0.265 e. The molecule has 0 fully saturated rings. The van der Waals surface area contributed by atoms with Gasteiger partial charge in [-0.1, -0.05) is 42.5 Å². The Kier molecular flexibility index (Phi) is 4.90. The molecule has 0 bridgehead atoms. The van der Waals surface area contributed by atoms with E-state index in [-0.39, 0.29) is 18.2 Å². The summed E-state index contributed by atoms with van der Waals surface area (Å²) in [6, 6.07) is 18.9. The van der Waals surface area contributed by atoms with E-state index in [1.807, 2.05) is 61.5 Å². The third-order valence-corrected chi connectivity index (χ3v) is 5.25. The number of thiophene rings is 1. The highest BCUT2D eigenvalue weighted by molar-refractivity contribution is 7.20. The third kappa shape index (κ3) is 3.94. The maximum atomic E-state index is 12.5. The van der Waals surface area contributed by atoms with Gasteiger partial charge in [0.1, 0.15) is 10.6 Å². The van der Waals surface area contributed by atoms with E-state index in [1.54, 1.807) is 6.07 Å². The first-order valence-electron chi connectivity index (χ1n) is 8.78. The summed E-state index contributed by atoms with van der Waals surface area (Å²) in [7, 11) is 0. The van der Waals surface area contributed by atoms with Crippen molar-refractivity contribution in [2.45, 2.75) is 13.3 Å². The van der Waals surface area contributed by atoms with Crippen molar-refractivity contribution in [1.82, 2.24) is 10.2 Å². The van der Waals surface area contributed by atoms with Crippen LogP contribution >= 0.6 is 11.3 Å². The summed E-state index contributed by atoms with van der Waals surface area (Å²) in [6.45, 7) is 1.97. The molecule has 0 spiro atoms. The number of aromatic nitrogens is 2. The number of carbonyl (C=O) groups excluding carboxylic acids is 2. The zero-order chi connectivity index (χ0) is 19.5. The van der Waals surface area contributed by atoms with Crippen molar-refractivity contribution < 1.29 is 9.59 Å². The number of amides is 2. The summed E-state index contributed by atoms with van der Waals surface area (Å²) in [5.74, 6) is 0.158. The topological polar surface area (TPSA) is 86.9 Å². The summed E-state index contributed by atoms with van der Waals surface area (Å²) >= 11 is 1.28.